The standard InChI is InChI=1S/C17H29N5O2/c1-13(16-12-18-20(3)14(16)2)19-17(23)22-8-6-21(7-9-22)15-4-10-24-11-5-15/h12-13,15H,4-11H2,1-3H3,(H,19,23)/t13-/m1/s1. The van der Waals surface area contributed by atoms with Gasteiger partial charge in [-0.25, -0.2) is 4.79 Å². The predicted molar refractivity (Wildman–Crippen MR) is 91.9 cm³/mol. The number of ether oxygens (including phenoxy) is 1. The van der Waals surface area contributed by atoms with Crippen LogP contribution in [0.3, 0.4) is 0 Å². The number of piperazine rings is 1. The van der Waals surface area contributed by atoms with Gasteiger partial charge in [0, 0.05) is 63.7 Å². The lowest BCUT2D eigenvalue weighted by Gasteiger charge is -2.40. The van der Waals surface area contributed by atoms with E-state index in [-0.39, 0.29) is 12.1 Å². The highest BCUT2D eigenvalue weighted by molar-refractivity contribution is 5.74. The molecule has 0 aromatic carbocycles. The number of urea groups is 1. The summed E-state index contributed by atoms with van der Waals surface area (Å²) in [6.45, 7) is 9.28. The van der Waals surface area contributed by atoms with Crippen LogP contribution in [0.2, 0.25) is 0 Å². The third kappa shape index (κ3) is 3.72. The zero-order chi connectivity index (χ0) is 17.1. The Balaban J connectivity index is 1.49. The maximum Gasteiger partial charge on any atom is 0.317 e. The maximum atomic E-state index is 12.5. The van der Waals surface area contributed by atoms with Crippen molar-refractivity contribution in [1.82, 2.24) is 24.9 Å². The molecule has 1 N–H and O–H groups in total. The van der Waals surface area contributed by atoms with Crippen LogP contribution in [0.4, 0.5) is 4.79 Å². The molecule has 0 aliphatic carbocycles. The largest absolute Gasteiger partial charge is 0.381 e. The smallest absolute Gasteiger partial charge is 0.317 e. The molecule has 2 aliphatic heterocycles. The molecule has 7 nitrogen and oxygen atoms in total. The van der Waals surface area contributed by atoms with Gasteiger partial charge in [0.2, 0.25) is 0 Å². The van der Waals surface area contributed by atoms with Gasteiger partial charge in [0.15, 0.2) is 0 Å². The zero-order valence-corrected chi connectivity index (χ0v) is 15.0. The molecule has 2 fully saturated rings. The molecule has 0 bridgehead atoms. The number of amides is 2. The second kappa shape index (κ2) is 7.53. The Morgan fingerprint density at radius 2 is 1.96 bits per heavy atom. The van der Waals surface area contributed by atoms with Gasteiger partial charge in [0.25, 0.3) is 0 Å². The number of nitrogens with one attached hydrogen (secondary N) is 1. The number of hydrogen-bond donors (Lipinski definition) is 1. The lowest BCUT2D eigenvalue weighted by atomic mass is 10.1. The zero-order valence-electron chi connectivity index (χ0n) is 15.0. The summed E-state index contributed by atoms with van der Waals surface area (Å²) in [5, 5.41) is 7.36. The summed E-state index contributed by atoms with van der Waals surface area (Å²) in [6.07, 6.45) is 4.07. The van der Waals surface area contributed by atoms with Crippen LogP contribution in [-0.2, 0) is 11.8 Å². The molecule has 1 atom stereocenters. The Morgan fingerprint density at radius 3 is 2.54 bits per heavy atom. The monoisotopic (exact) mass is 335 g/mol. The maximum absolute atomic E-state index is 12.5. The number of nitrogens with zero attached hydrogens (tertiary/aromatic N) is 4. The van der Waals surface area contributed by atoms with E-state index in [4.69, 9.17) is 4.74 Å². The van der Waals surface area contributed by atoms with Crippen molar-refractivity contribution in [2.75, 3.05) is 39.4 Å². The van der Waals surface area contributed by atoms with E-state index in [1.165, 1.54) is 0 Å². The van der Waals surface area contributed by atoms with Crippen LogP contribution in [0.25, 0.3) is 0 Å². The van der Waals surface area contributed by atoms with Crippen LogP contribution in [0, 0.1) is 6.92 Å². The first-order valence-electron chi connectivity index (χ1n) is 8.92. The fourth-order valence-corrected chi connectivity index (χ4v) is 3.64. The van der Waals surface area contributed by atoms with Crippen LogP contribution in [0.15, 0.2) is 6.20 Å². The van der Waals surface area contributed by atoms with Crippen molar-refractivity contribution in [1.29, 1.82) is 0 Å². The van der Waals surface area contributed by atoms with Crippen molar-refractivity contribution in [2.45, 2.75) is 38.8 Å². The van der Waals surface area contributed by atoms with E-state index in [9.17, 15) is 4.79 Å². The van der Waals surface area contributed by atoms with Crippen molar-refractivity contribution in [3.8, 4) is 0 Å². The first-order valence-corrected chi connectivity index (χ1v) is 8.92. The van der Waals surface area contributed by atoms with Crippen molar-refractivity contribution < 1.29 is 9.53 Å². The minimum atomic E-state index is -0.0280. The molecule has 0 spiro atoms. The second-order valence-electron chi connectivity index (χ2n) is 6.85. The number of rotatable bonds is 3. The van der Waals surface area contributed by atoms with E-state index in [2.05, 4.69) is 15.3 Å². The average Bonchev–Trinajstić information content (AvgIpc) is 2.95. The first-order chi connectivity index (χ1) is 11.6. The molecule has 2 amide bonds. The summed E-state index contributed by atoms with van der Waals surface area (Å²) >= 11 is 0. The molecule has 0 unspecified atom stereocenters. The number of aryl methyl sites for hydroxylation is 1. The van der Waals surface area contributed by atoms with Gasteiger partial charge in [-0.2, -0.15) is 5.10 Å². The fraction of sp³-hybridized carbons (Fsp3) is 0.765. The van der Waals surface area contributed by atoms with Gasteiger partial charge < -0.3 is 15.0 Å². The van der Waals surface area contributed by atoms with E-state index in [0.29, 0.717) is 6.04 Å². The highest BCUT2D eigenvalue weighted by atomic mass is 16.5. The molecule has 134 valence electrons. The molecule has 2 saturated heterocycles. The Hall–Kier alpha value is -1.60. The predicted octanol–water partition coefficient (Wildman–Crippen LogP) is 1.30. The summed E-state index contributed by atoms with van der Waals surface area (Å²) in [6, 6.07) is 0.623. The molecular formula is C17H29N5O2. The van der Waals surface area contributed by atoms with Crippen molar-refractivity contribution in [2.24, 2.45) is 7.05 Å². The average molecular weight is 335 g/mol. The quantitative estimate of drug-likeness (QED) is 0.904. The molecule has 1 aromatic rings. The number of aromatic nitrogens is 2. The molecular weight excluding hydrogens is 306 g/mol. The van der Waals surface area contributed by atoms with Crippen molar-refractivity contribution in [3.05, 3.63) is 17.5 Å². The van der Waals surface area contributed by atoms with Gasteiger partial charge in [0.05, 0.1) is 12.2 Å². The highest BCUT2D eigenvalue weighted by Gasteiger charge is 2.28. The summed E-state index contributed by atoms with van der Waals surface area (Å²) in [5.74, 6) is 0. The van der Waals surface area contributed by atoms with Crippen LogP contribution >= 0.6 is 0 Å². The summed E-state index contributed by atoms with van der Waals surface area (Å²) < 4.78 is 7.28. The van der Waals surface area contributed by atoms with E-state index in [0.717, 1.165) is 63.5 Å². The molecule has 3 heterocycles. The number of carbonyl (C=O) groups is 1. The lowest BCUT2D eigenvalue weighted by molar-refractivity contribution is 0.0186. The van der Waals surface area contributed by atoms with Gasteiger partial charge in [-0.1, -0.05) is 0 Å². The molecule has 2 aliphatic rings. The van der Waals surface area contributed by atoms with E-state index in [1.807, 2.05) is 36.7 Å². The van der Waals surface area contributed by atoms with Crippen molar-refractivity contribution >= 4 is 6.03 Å². The van der Waals surface area contributed by atoms with E-state index in [1.54, 1.807) is 0 Å². The fourth-order valence-electron chi connectivity index (χ4n) is 3.64. The highest BCUT2D eigenvalue weighted by Crippen LogP contribution is 2.18. The normalized spacial score (nSPS) is 21.7. The molecule has 0 radical (unpaired) electrons. The molecule has 1 aromatic heterocycles. The Labute approximate surface area is 143 Å². The Bertz CT molecular complexity index is 559. The van der Waals surface area contributed by atoms with Crippen LogP contribution in [-0.4, -0.2) is 71.0 Å². The molecule has 3 rings (SSSR count). The Kier molecular flexibility index (Phi) is 5.40. The van der Waals surface area contributed by atoms with Gasteiger partial charge in [-0.15, -0.1) is 0 Å². The first kappa shape index (κ1) is 17.2. The topological polar surface area (TPSA) is 62.6 Å². The van der Waals surface area contributed by atoms with Gasteiger partial charge in [-0.05, 0) is 26.7 Å². The van der Waals surface area contributed by atoms with Gasteiger partial charge >= 0.3 is 6.03 Å². The van der Waals surface area contributed by atoms with Crippen LogP contribution in [0.5, 0.6) is 0 Å². The lowest BCUT2D eigenvalue weighted by Crippen LogP contribution is -2.55. The van der Waals surface area contributed by atoms with E-state index < -0.39 is 0 Å². The summed E-state index contributed by atoms with van der Waals surface area (Å²) in [5.41, 5.74) is 2.17. The molecule has 24 heavy (non-hydrogen) atoms. The van der Waals surface area contributed by atoms with Crippen LogP contribution in [0.1, 0.15) is 37.1 Å². The van der Waals surface area contributed by atoms with Crippen molar-refractivity contribution in [3.63, 3.8) is 0 Å². The second-order valence-corrected chi connectivity index (χ2v) is 6.85. The summed E-state index contributed by atoms with van der Waals surface area (Å²) in [4.78, 5) is 17.0. The third-order valence-corrected chi connectivity index (χ3v) is 5.39. The minimum Gasteiger partial charge on any atom is -0.381 e. The number of hydrogen-bond acceptors (Lipinski definition) is 4. The number of carbonyl (C=O) groups excluding carboxylic acids is 1. The van der Waals surface area contributed by atoms with E-state index >= 15 is 0 Å². The minimum absolute atomic E-state index is 0.0254. The van der Waals surface area contributed by atoms with Gasteiger partial charge in [-0.3, -0.25) is 9.58 Å². The summed E-state index contributed by atoms with van der Waals surface area (Å²) in [7, 11) is 1.92. The van der Waals surface area contributed by atoms with Gasteiger partial charge in [0.1, 0.15) is 0 Å². The molecule has 7 heteroatoms. The Morgan fingerprint density at radius 1 is 1.29 bits per heavy atom. The van der Waals surface area contributed by atoms with Crippen LogP contribution < -0.4 is 5.32 Å². The third-order valence-electron chi connectivity index (χ3n) is 5.39. The SMILES string of the molecule is Cc1c([C@@H](C)NC(=O)N2CCN(C3CCOCC3)CC2)cnn1C. The molecule has 0 saturated carbocycles.